The van der Waals surface area contributed by atoms with Crippen LogP contribution in [0.5, 0.6) is 0 Å². The van der Waals surface area contributed by atoms with Crippen LogP contribution in [0.15, 0.2) is 75.9 Å². The van der Waals surface area contributed by atoms with E-state index in [4.69, 9.17) is 4.52 Å². The molecule has 28 heavy (non-hydrogen) atoms. The zero-order valence-corrected chi connectivity index (χ0v) is 15.8. The number of carbonyl (C=O) groups is 1. The quantitative estimate of drug-likeness (QED) is 0.509. The van der Waals surface area contributed by atoms with E-state index in [1.54, 1.807) is 11.3 Å². The summed E-state index contributed by atoms with van der Waals surface area (Å²) in [5.41, 5.74) is 3.90. The van der Waals surface area contributed by atoms with Crippen LogP contribution >= 0.6 is 11.3 Å². The Morgan fingerprint density at radius 3 is 2.43 bits per heavy atom. The Hall–Kier alpha value is -3.25. The van der Waals surface area contributed by atoms with Crippen LogP contribution in [-0.4, -0.2) is 34.0 Å². The topological polar surface area (TPSA) is 59.2 Å². The first-order valence-electron chi connectivity index (χ1n) is 9.09. The monoisotopic (exact) mass is 387 g/mol. The molecule has 0 saturated carbocycles. The molecule has 0 N–H and O–H groups in total. The fourth-order valence-corrected chi connectivity index (χ4v) is 3.96. The molecule has 0 aliphatic carbocycles. The zero-order chi connectivity index (χ0) is 18.9. The lowest BCUT2D eigenvalue weighted by molar-refractivity contribution is 0.0569. The molecular weight excluding hydrogens is 370 g/mol. The molecule has 5 rings (SSSR count). The van der Waals surface area contributed by atoms with E-state index >= 15 is 0 Å². The molecule has 0 radical (unpaired) electrons. The number of hydrogen-bond donors (Lipinski definition) is 0. The summed E-state index contributed by atoms with van der Waals surface area (Å²) in [4.78, 5) is 19.0. The van der Waals surface area contributed by atoms with E-state index in [-0.39, 0.29) is 11.8 Å². The maximum Gasteiger partial charge on any atom is 0.253 e. The van der Waals surface area contributed by atoms with E-state index in [1.165, 1.54) is 0 Å². The Bertz CT molecular complexity index is 1080. The molecule has 0 bridgehead atoms. The minimum atomic E-state index is 0.0356. The van der Waals surface area contributed by atoms with Crippen molar-refractivity contribution in [3.63, 3.8) is 0 Å². The van der Waals surface area contributed by atoms with Crippen molar-refractivity contribution in [2.24, 2.45) is 0 Å². The summed E-state index contributed by atoms with van der Waals surface area (Å²) in [6.45, 7) is 1.20. The van der Waals surface area contributed by atoms with E-state index in [0.717, 1.165) is 16.7 Å². The first-order valence-corrected chi connectivity index (χ1v) is 10.0. The van der Waals surface area contributed by atoms with Crippen molar-refractivity contribution in [2.75, 3.05) is 13.1 Å². The highest BCUT2D eigenvalue weighted by molar-refractivity contribution is 7.08. The van der Waals surface area contributed by atoms with E-state index < -0.39 is 0 Å². The molecular formula is C22H17N3O2S. The van der Waals surface area contributed by atoms with Crippen molar-refractivity contribution in [1.29, 1.82) is 0 Å². The number of rotatable bonds is 4. The second kappa shape index (κ2) is 7.05. The van der Waals surface area contributed by atoms with Gasteiger partial charge in [-0.25, -0.2) is 0 Å². The number of hydrogen-bond acceptors (Lipinski definition) is 5. The fourth-order valence-electron chi connectivity index (χ4n) is 3.33. The van der Waals surface area contributed by atoms with Gasteiger partial charge in [-0.1, -0.05) is 47.6 Å². The Morgan fingerprint density at radius 2 is 1.71 bits per heavy atom. The van der Waals surface area contributed by atoms with Crippen LogP contribution in [0.2, 0.25) is 0 Å². The van der Waals surface area contributed by atoms with Crippen molar-refractivity contribution < 1.29 is 9.32 Å². The smallest absolute Gasteiger partial charge is 0.253 e. The number of nitrogens with zero attached hydrogens (tertiary/aromatic N) is 3. The number of carbonyl (C=O) groups excluding carboxylic acids is 1. The summed E-state index contributed by atoms with van der Waals surface area (Å²) >= 11 is 1.60. The van der Waals surface area contributed by atoms with Gasteiger partial charge in [0.15, 0.2) is 0 Å². The molecule has 0 spiro atoms. The number of thiophene rings is 1. The molecule has 2 aromatic heterocycles. The van der Waals surface area contributed by atoms with Crippen LogP contribution in [0, 0.1) is 0 Å². The van der Waals surface area contributed by atoms with Gasteiger partial charge in [0.05, 0.1) is 5.92 Å². The minimum absolute atomic E-state index is 0.0356. The summed E-state index contributed by atoms with van der Waals surface area (Å²) in [5, 5.41) is 8.02. The molecule has 6 heteroatoms. The predicted molar refractivity (Wildman–Crippen MR) is 108 cm³/mol. The third kappa shape index (κ3) is 3.12. The second-order valence-electron chi connectivity index (χ2n) is 6.82. The average Bonchev–Trinajstić information content (AvgIpc) is 3.40. The molecule has 3 heterocycles. The zero-order valence-electron chi connectivity index (χ0n) is 15.0. The third-order valence-electron chi connectivity index (χ3n) is 4.98. The summed E-state index contributed by atoms with van der Waals surface area (Å²) in [6.07, 6.45) is 0. The first-order chi connectivity index (χ1) is 13.8. The highest BCUT2D eigenvalue weighted by atomic mass is 32.1. The van der Waals surface area contributed by atoms with Crippen molar-refractivity contribution in [3.05, 3.63) is 82.9 Å². The van der Waals surface area contributed by atoms with E-state index in [2.05, 4.69) is 22.3 Å². The predicted octanol–water partition coefficient (Wildman–Crippen LogP) is 4.70. The summed E-state index contributed by atoms with van der Waals surface area (Å²) < 4.78 is 5.40. The average molecular weight is 387 g/mol. The van der Waals surface area contributed by atoms with Crippen molar-refractivity contribution in [1.82, 2.24) is 15.0 Å². The standard InChI is InChI=1S/C22H17N3O2S/c26-22(17-8-6-16(7-9-17)15-4-2-1-3-5-15)25-12-19(13-25)21-23-20(24-27-21)18-10-11-28-14-18/h1-11,14,19H,12-13H2. The molecule has 1 amide bonds. The van der Waals surface area contributed by atoms with Crippen LogP contribution in [0.1, 0.15) is 22.2 Å². The van der Waals surface area contributed by atoms with E-state index in [1.807, 2.05) is 64.2 Å². The van der Waals surface area contributed by atoms with Gasteiger partial charge in [0.1, 0.15) is 0 Å². The second-order valence-corrected chi connectivity index (χ2v) is 7.60. The van der Waals surface area contributed by atoms with Crippen LogP contribution < -0.4 is 0 Å². The van der Waals surface area contributed by atoms with E-state index in [9.17, 15) is 4.79 Å². The molecule has 1 aliphatic rings. The lowest BCUT2D eigenvalue weighted by atomic mass is 9.98. The largest absolute Gasteiger partial charge is 0.339 e. The number of amides is 1. The fraction of sp³-hybridized carbons (Fsp3) is 0.136. The van der Waals surface area contributed by atoms with Crippen LogP contribution in [0.4, 0.5) is 0 Å². The molecule has 5 nitrogen and oxygen atoms in total. The highest BCUT2D eigenvalue weighted by Gasteiger charge is 2.36. The normalized spacial score (nSPS) is 14.1. The summed E-state index contributed by atoms with van der Waals surface area (Å²) in [5.74, 6) is 1.35. The molecule has 1 saturated heterocycles. The highest BCUT2D eigenvalue weighted by Crippen LogP contribution is 2.29. The van der Waals surface area contributed by atoms with Crippen LogP contribution in [0.25, 0.3) is 22.5 Å². The first kappa shape index (κ1) is 16.9. The molecule has 0 atom stereocenters. The molecule has 4 aromatic rings. The number of aromatic nitrogens is 2. The van der Waals surface area contributed by atoms with Crippen molar-refractivity contribution >= 4 is 17.2 Å². The Labute approximate surface area is 166 Å². The van der Waals surface area contributed by atoms with Crippen LogP contribution in [0.3, 0.4) is 0 Å². The third-order valence-corrected chi connectivity index (χ3v) is 5.66. The lowest BCUT2D eigenvalue weighted by Gasteiger charge is -2.37. The SMILES string of the molecule is O=C(c1ccc(-c2ccccc2)cc1)N1CC(c2nc(-c3ccsc3)no2)C1. The van der Waals surface area contributed by atoms with E-state index in [0.29, 0.717) is 30.4 Å². The molecule has 0 unspecified atom stereocenters. The van der Waals surface area contributed by atoms with Gasteiger partial charge in [-0.2, -0.15) is 16.3 Å². The maximum absolute atomic E-state index is 12.7. The number of likely N-dealkylation sites (tertiary alicyclic amines) is 1. The van der Waals surface area contributed by atoms with Crippen molar-refractivity contribution in [2.45, 2.75) is 5.92 Å². The number of benzene rings is 2. The Balaban J connectivity index is 1.23. The molecule has 138 valence electrons. The van der Waals surface area contributed by atoms with Gasteiger partial charge in [-0.15, -0.1) is 0 Å². The lowest BCUT2D eigenvalue weighted by Crippen LogP contribution is -2.48. The Kier molecular flexibility index (Phi) is 4.25. The minimum Gasteiger partial charge on any atom is -0.339 e. The van der Waals surface area contributed by atoms with Crippen molar-refractivity contribution in [3.8, 4) is 22.5 Å². The summed E-state index contributed by atoms with van der Waals surface area (Å²) in [6, 6.07) is 19.9. The van der Waals surface area contributed by atoms with Gasteiger partial charge in [0.25, 0.3) is 5.91 Å². The molecule has 1 aliphatic heterocycles. The van der Waals surface area contributed by atoms with Crippen LogP contribution in [-0.2, 0) is 0 Å². The molecule has 2 aromatic carbocycles. The summed E-state index contributed by atoms with van der Waals surface area (Å²) in [7, 11) is 0. The van der Waals surface area contributed by atoms with Gasteiger partial charge >= 0.3 is 0 Å². The van der Waals surface area contributed by atoms with Gasteiger partial charge < -0.3 is 9.42 Å². The van der Waals surface area contributed by atoms with Gasteiger partial charge in [-0.3, -0.25) is 4.79 Å². The van der Waals surface area contributed by atoms with Gasteiger partial charge in [-0.05, 0) is 34.7 Å². The van der Waals surface area contributed by atoms with Gasteiger partial charge in [0.2, 0.25) is 11.7 Å². The van der Waals surface area contributed by atoms with Gasteiger partial charge in [0, 0.05) is 29.6 Å². The Morgan fingerprint density at radius 1 is 0.964 bits per heavy atom. The molecule has 1 fully saturated rings. The maximum atomic E-state index is 12.7.